The van der Waals surface area contributed by atoms with Gasteiger partial charge in [-0.2, -0.15) is 22.6 Å². The number of piperidine rings is 1. The maximum absolute atomic E-state index is 12.8. The third-order valence-corrected chi connectivity index (χ3v) is 7.33. The quantitative estimate of drug-likeness (QED) is 0.569. The summed E-state index contributed by atoms with van der Waals surface area (Å²) in [5.74, 6) is -0.401. The number of fused-ring (bicyclic) bond motifs is 1. The van der Waals surface area contributed by atoms with Gasteiger partial charge in [-0.15, -0.1) is 0 Å². The first-order chi connectivity index (χ1) is 14.6. The zero-order valence-corrected chi connectivity index (χ0v) is 17.6. The lowest BCUT2D eigenvalue weighted by Crippen LogP contribution is -2.44. The Morgan fingerprint density at radius 1 is 1.06 bits per heavy atom. The van der Waals surface area contributed by atoms with Crippen LogP contribution in [0.2, 0.25) is 5.02 Å². The average molecular weight is 472 g/mol. The van der Waals surface area contributed by atoms with Crippen LogP contribution < -0.4 is 0 Å². The van der Waals surface area contributed by atoms with Crippen LogP contribution in [0.15, 0.2) is 42.5 Å². The second kappa shape index (κ2) is 7.92. The summed E-state index contributed by atoms with van der Waals surface area (Å²) in [6.45, 7) is -0.479. The largest absolute Gasteiger partial charge is 0.511 e. The molecule has 0 spiro atoms. The van der Waals surface area contributed by atoms with Crippen molar-refractivity contribution in [3.8, 4) is 0 Å². The number of hydrogen-bond donors (Lipinski definition) is 1. The molecule has 0 atom stereocenters. The van der Waals surface area contributed by atoms with Crippen molar-refractivity contribution >= 4 is 38.3 Å². The van der Waals surface area contributed by atoms with E-state index in [0.29, 0.717) is 37.1 Å². The number of benzene rings is 2. The van der Waals surface area contributed by atoms with Crippen molar-refractivity contribution in [2.75, 3.05) is 13.1 Å². The first-order valence-electron chi connectivity index (χ1n) is 9.42. The lowest BCUT2D eigenvalue weighted by atomic mass is 9.91. The number of halogens is 4. The predicted molar refractivity (Wildman–Crippen MR) is 110 cm³/mol. The van der Waals surface area contributed by atoms with Crippen LogP contribution in [0, 0.1) is 0 Å². The molecule has 1 aliphatic rings. The fraction of sp³-hybridized carbons (Fsp3) is 0.300. The van der Waals surface area contributed by atoms with Gasteiger partial charge in [0.2, 0.25) is 0 Å². The van der Waals surface area contributed by atoms with Crippen molar-refractivity contribution in [2.24, 2.45) is 0 Å². The molecular formula is C20H17ClF3N3O3S. The summed E-state index contributed by atoms with van der Waals surface area (Å²) >= 11 is 5.87. The Labute approximate surface area is 181 Å². The summed E-state index contributed by atoms with van der Waals surface area (Å²) in [5, 5.41) is 8.34. The maximum atomic E-state index is 12.8. The number of carbonyl (C=O) groups excluding carboxylic acids is 1. The van der Waals surface area contributed by atoms with Gasteiger partial charge in [-0.1, -0.05) is 11.6 Å². The molecular weight excluding hydrogens is 455 g/mol. The molecule has 0 bridgehead atoms. The third-order valence-electron chi connectivity index (χ3n) is 5.45. The van der Waals surface area contributed by atoms with Crippen molar-refractivity contribution in [2.45, 2.75) is 24.3 Å². The van der Waals surface area contributed by atoms with Crippen LogP contribution in [0.4, 0.5) is 13.2 Å². The zero-order chi connectivity index (χ0) is 22.4. The number of nitrogens with zero attached hydrogens (tertiary/aromatic N) is 2. The molecule has 1 N–H and O–H groups in total. The van der Waals surface area contributed by atoms with Gasteiger partial charge in [-0.25, -0.2) is 8.42 Å². The fourth-order valence-electron chi connectivity index (χ4n) is 3.78. The SMILES string of the molecule is O=C(c1ccc(Cl)cc1)c1ccc2n[nH]c(C3CCN(S(=O)(=O)C(F)(F)F)CC3)c2c1. The standard InChI is InChI=1S/C20H17ClF3N3O3S/c21-15-4-1-13(2-5-15)19(28)14-3-6-17-16(11-14)18(26-25-17)12-7-9-27(10-8-12)31(29,30)20(22,23)24/h1-6,11-12H,7-10H2,(H,25,26). The molecule has 2 heterocycles. The van der Waals surface area contributed by atoms with E-state index in [1.54, 1.807) is 42.5 Å². The topological polar surface area (TPSA) is 83.1 Å². The molecule has 1 fully saturated rings. The van der Waals surface area contributed by atoms with Crippen LogP contribution in [-0.4, -0.2) is 47.3 Å². The number of carbonyl (C=O) groups is 1. The molecule has 1 aliphatic heterocycles. The van der Waals surface area contributed by atoms with E-state index in [2.05, 4.69) is 10.2 Å². The normalized spacial score (nSPS) is 16.6. The van der Waals surface area contributed by atoms with Crippen LogP contribution >= 0.6 is 11.6 Å². The average Bonchev–Trinajstić information content (AvgIpc) is 3.16. The molecule has 4 rings (SSSR count). The van der Waals surface area contributed by atoms with Crippen molar-refractivity contribution < 1.29 is 26.4 Å². The fourth-order valence-corrected chi connectivity index (χ4v) is 4.89. The number of hydrogen-bond acceptors (Lipinski definition) is 4. The Kier molecular flexibility index (Phi) is 5.57. The molecule has 0 saturated carbocycles. The van der Waals surface area contributed by atoms with E-state index in [1.807, 2.05) is 0 Å². The molecule has 11 heteroatoms. The number of H-pyrrole nitrogens is 1. The summed E-state index contributed by atoms with van der Waals surface area (Å²) in [4.78, 5) is 12.8. The van der Waals surface area contributed by atoms with E-state index in [9.17, 15) is 26.4 Å². The van der Waals surface area contributed by atoms with Crippen LogP contribution in [0.1, 0.15) is 40.4 Å². The minimum absolute atomic E-state index is 0.197. The molecule has 2 aromatic carbocycles. The molecule has 1 saturated heterocycles. The molecule has 0 radical (unpaired) electrons. The van der Waals surface area contributed by atoms with E-state index in [4.69, 9.17) is 11.6 Å². The lowest BCUT2D eigenvalue weighted by molar-refractivity contribution is -0.0494. The van der Waals surface area contributed by atoms with Gasteiger partial charge in [0.05, 0.1) is 5.52 Å². The summed E-state index contributed by atoms with van der Waals surface area (Å²) in [7, 11) is -5.33. The minimum Gasteiger partial charge on any atom is -0.289 e. The van der Waals surface area contributed by atoms with E-state index < -0.39 is 15.5 Å². The van der Waals surface area contributed by atoms with Gasteiger partial charge in [0.1, 0.15) is 0 Å². The summed E-state index contributed by atoms with van der Waals surface area (Å²) in [5.41, 5.74) is -3.09. The van der Waals surface area contributed by atoms with E-state index in [1.165, 1.54) is 0 Å². The van der Waals surface area contributed by atoms with E-state index in [0.717, 1.165) is 0 Å². The number of ketones is 1. The Hall–Kier alpha value is -2.43. The molecule has 1 aromatic heterocycles. The van der Waals surface area contributed by atoms with Crippen molar-refractivity contribution in [3.05, 3.63) is 64.3 Å². The molecule has 0 aliphatic carbocycles. The number of aromatic amines is 1. The third kappa shape index (κ3) is 4.07. The van der Waals surface area contributed by atoms with Gasteiger partial charge in [0.15, 0.2) is 5.78 Å². The highest BCUT2D eigenvalue weighted by molar-refractivity contribution is 7.90. The van der Waals surface area contributed by atoms with Crippen LogP contribution in [0.3, 0.4) is 0 Å². The second-order valence-electron chi connectivity index (χ2n) is 7.33. The summed E-state index contributed by atoms with van der Waals surface area (Å²) in [6, 6.07) is 11.6. The molecule has 3 aromatic rings. The summed E-state index contributed by atoms with van der Waals surface area (Å²) < 4.78 is 62.1. The number of rotatable bonds is 4. The summed E-state index contributed by atoms with van der Waals surface area (Å²) in [6.07, 6.45) is 0.421. The molecule has 164 valence electrons. The molecule has 0 unspecified atom stereocenters. The highest BCUT2D eigenvalue weighted by Crippen LogP contribution is 2.35. The first kappa shape index (κ1) is 21.8. The maximum Gasteiger partial charge on any atom is 0.511 e. The number of alkyl halides is 3. The van der Waals surface area contributed by atoms with Gasteiger partial charge >= 0.3 is 15.5 Å². The second-order valence-corrected chi connectivity index (χ2v) is 9.70. The number of nitrogens with one attached hydrogen (secondary N) is 1. The van der Waals surface area contributed by atoms with E-state index in [-0.39, 0.29) is 37.6 Å². The Balaban J connectivity index is 1.58. The smallest absolute Gasteiger partial charge is 0.289 e. The first-order valence-corrected chi connectivity index (χ1v) is 11.2. The van der Waals surface area contributed by atoms with Gasteiger partial charge < -0.3 is 0 Å². The van der Waals surface area contributed by atoms with Gasteiger partial charge in [0.25, 0.3) is 0 Å². The van der Waals surface area contributed by atoms with Crippen LogP contribution in [0.5, 0.6) is 0 Å². The minimum atomic E-state index is -5.33. The van der Waals surface area contributed by atoms with E-state index >= 15 is 0 Å². The van der Waals surface area contributed by atoms with Gasteiger partial charge in [0, 0.05) is 46.2 Å². The van der Waals surface area contributed by atoms with Crippen molar-refractivity contribution in [1.29, 1.82) is 0 Å². The van der Waals surface area contributed by atoms with Crippen molar-refractivity contribution in [3.63, 3.8) is 0 Å². The number of sulfonamides is 1. The molecule has 31 heavy (non-hydrogen) atoms. The molecule has 6 nitrogen and oxygen atoms in total. The Bertz CT molecular complexity index is 1230. The van der Waals surface area contributed by atoms with Crippen LogP contribution in [-0.2, 0) is 10.0 Å². The monoisotopic (exact) mass is 471 g/mol. The van der Waals surface area contributed by atoms with Crippen molar-refractivity contribution in [1.82, 2.24) is 14.5 Å². The highest BCUT2D eigenvalue weighted by atomic mass is 35.5. The predicted octanol–water partition coefficient (Wildman–Crippen LogP) is 4.48. The van der Waals surface area contributed by atoms with Gasteiger partial charge in [-0.05, 0) is 55.3 Å². The van der Waals surface area contributed by atoms with Crippen LogP contribution in [0.25, 0.3) is 10.9 Å². The molecule has 0 amide bonds. The highest BCUT2D eigenvalue weighted by Gasteiger charge is 2.50. The Morgan fingerprint density at radius 2 is 1.68 bits per heavy atom. The number of aromatic nitrogens is 2. The lowest BCUT2D eigenvalue weighted by Gasteiger charge is -2.31. The van der Waals surface area contributed by atoms with Gasteiger partial charge in [-0.3, -0.25) is 9.89 Å². The zero-order valence-electron chi connectivity index (χ0n) is 16.0. The Morgan fingerprint density at radius 3 is 2.29 bits per heavy atom.